The lowest BCUT2D eigenvalue weighted by Crippen LogP contribution is -2.35. The number of rotatable bonds is 5. The number of benzene rings is 2. The number of nitrogens with two attached hydrogens (primary N) is 1. The van der Waals surface area contributed by atoms with Crippen molar-refractivity contribution in [2.75, 3.05) is 13.1 Å². The average molecular weight is 547 g/mol. The minimum Gasteiger partial charge on any atom is -0.457 e. The first-order valence-electron chi connectivity index (χ1n) is 11.7. The maximum Gasteiger partial charge on any atom is 0.273 e. The van der Waals surface area contributed by atoms with E-state index in [0.717, 1.165) is 24.2 Å². The van der Waals surface area contributed by atoms with E-state index < -0.39 is 10.0 Å². The number of carbonyl (C=O) groups is 1. The maximum absolute atomic E-state index is 13.6. The van der Waals surface area contributed by atoms with Gasteiger partial charge in [0.1, 0.15) is 22.3 Å². The van der Waals surface area contributed by atoms with Gasteiger partial charge in [0.05, 0.1) is 15.1 Å². The topological polar surface area (TPSA) is 139 Å². The van der Waals surface area contributed by atoms with Gasteiger partial charge in [-0.3, -0.25) is 14.2 Å². The molecule has 11 heteroatoms. The molecule has 38 heavy (non-hydrogen) atoms. The first kappa shape index (κ1) is 25.4. The molecule has 3 heterocycles. The number of thiazole rings is 1. The van der Waals surface area contributed by atoms with Crippen molar-refractivity contribution in [2.45, 2.75) is 17.7 Å². The number of amides is 1. The molecule has 1 fully saturated rings. The summed E-state index contributed by atoms with van der Waals surface area (Å²) in [5.41, 5.74) is 0.712. The molecule has 0 atom stereocenters. The molecule has 1 saturated heterocycles. The van der Waals surface area contributed by atoms with E-state index in [1.807, 2.05) is 12.1 Å². The minimum absolute atomic E-state index is 0.0137. The molecule has 9 nitrogen and oxygen atoms in total. The van der Waals surface area contributed by atoms with Gasteiger partial charge in [-0.05, 0) is 61.4 Å². The van der Waals surface area contributed by atoms with Gasteiger partial charge in [0, 0.05) is 24.7 Å². The van der Waals surface area contributed by atoms with Crippen LogP contribution in [0.1, 0.15) is 18.6 Å². The molecule has 5 rings (SSSR count). The monoisotopic (exact) mass is 546 g/mol. The molecule has 1 aliphatic heterocycles. The molecule has 0 spiro atoms. The van der Waals surface area contributed by atoms with Crippen molar-refractivity contribution >= 4 is 38.9 Å². The molecule has 2 N–H and O–H groups in total. The van der Waals surface area contributed by atoms with Crippen LogP contribution in [0.2, 0.25) is 0 Å². The summed E-state index contributed by atoms with van der Waals surface area (Å²) in [6.07, 6.45) is 3.32. The van der Waals surface area contributed by atoms with Crippen molar-refractivity contribution in [1.82, 2.24) is 9.47 Å². The fourth-order valence-corrected chi connectivity index (χ4v) is 5.84. The van der Waals surface area contributed by atoms with Crippen molar-refractivity contribution < 1.29 is 17.6 Å². The second kappa shape index (κ2) is 10.3. The number of sulfonamides is 1. The van der Waals surface area contributed by atoms with Gasteiger partial charge in [-0.25, -0.2) is 13.6 Å². The van der Waals surface area contributed by atoms with Crippen LogP contribution in [0.25, 0.3) is 28.7 Å². The Bertz CT molecular complexity index is 1840. The summed E-state index contributed by atoms with van der Waals surface area (Å²) >= 11 is 1.05. The molecule has 1 amide bonds. The highest BCUT2D eigenvalue weighted by Crippen LogP contribution is 2.24. The Morgan fingerprint density at radius 1 is 1.03 bits per heavy atom. The third kappa shape index (κ3) is 4.97. The minimum atomic E-state index is -3.81. The zero-order valence-corrected chi connectivity index (χ0v) is 21.7. The highest BCUT2D eigenvalue weighted by Gasteiger charge is 2.24. The molecule has 2 aromatic carbocycles. The van der Waals surface area contributed by atoms with Gasteiger partial charge in [0.25, 0.3) is 11.5 Å². The van der Waals surface area contributed by atoms with Gasteiger partial charge in [0.2, 0.25) is 10.0 Å². The third-order valence-corrected chi connectivity index (χ3v) is 8.16. The lowest BCUT2D eigenvalue weighted by atomic mass is 10.2. The third-order valence-electron chi connectivity index (χ3n) is 6.14. The largest absolute Gasteiger partial charge is 0.457 e. The lowest BCUT2D eigenvalue weighted by molar-refractivity contribution is -0.123. The van der Waals surface area contributed by atoms with Crippen LogP contribution >= 0.6 is 11.3 Å². The Balaban J connectivity index is 1.63. The van der Waals surface area contributed by atoms with Crippen LogP contribution in [-0.4, -0.2) is 36.9 Å². The summed E-state index contributed by atoms with van der Waals surface area (Å²) in [7, 11) is -3.81. The van der Waals surface area contributed by atoms with Crippen LogP contribution in [-0.2, 0) is 14.8 Å². The smallest absolute Gasteiger partial charge is 0.273 e. The Morgan fingerprint density at radius 2 is 1.71 bits per heavy atom. The van der Waals surface area contributed by atoms with E-state index in [0.29, 0.717) is 35.9 Å². The Labute approximate surface area is 222 Å². The summed E-state index contributed by atoms with van der Waals surface area (Å²) < 4.78 is 30.9. The van der Waals surface area contributed by atoms with Gasteiger partial charge in [-0.2, -0.15) is 5.26 Å². The second-order valence-electron chi connectivity index (χ2n) is 8.65. The van der Waals surface area contributed by atoms with Crippen LogP contribution in [0.4, 0.5) is 0 Å². The van der Waals surface area contributed by atoms with E-state index in [2.05, 4.69) is 0 Å². The summed E-state index contributed by atoms with van der Waals surface area (Å²) in [4.78, 5) is 28.3. The molecule has 0 bridgehead atoms. The SMILES string of the molecule is N#CC(C(=O)N1CCCC1)=c1sc(=Cc2ccc(-c3ccc(S(N)(=O)=O)cc3)o2)c(=O)n1-c1ccccc1. The van der Waals surface area contributed by atoms with Gasteiger partial charge in [0.15, 0.2) is 5.57 Å². The highest BCUT2D eigenvalue weighted by molar-refractivity contribution is 7.89. The zero-order valence-electron chi connectivity index (χ0n) is 20.0. The highest BCUT2D eigenvalue weighted by atomic mass is 32.2. The molecule has 0 aliphatic carbocycles. The average Bonchev–Trinajstić information content (AvgIpc) is 3.67. The van der Waals surface area contributed by atoms with Crippen molar-refractivity contribution in [1.29, 1.82) is 5.26 Å². The predicted molar refractivity (Wildman–Crippen MR) is 143 cm³/mol. The summed E-state index contributed by atoms with van der Waals surface area (Å²) in [6, 6.07) is 20.2. The number of furan rings is 1. The molecule has 0 radical (unpaired) electrons. The number of hydrogen-bond acceptors (Lipinski definition) is 7. The standard InChI is InChI=1S/C27H22N4O5S2/c28-17-22(25(32)30-14-4-5-15-30)27-31(19-6-2-1-3-7-19)26(33)24(37-27)16-20-10-13-23(36-20)18-8-11-21(12-9-18)38(29,34)35/h1-3,6-13,16H,4-5,14-15H2,(H2,29,34,35). The molecular formula is C27H22N4O5S2. The van der Waals surface area contributed by atoms with Gasteiger partial charge in [-0.15, -0.1) is 11.3 Å². The number of carbonyl (C=O) groups excluding carboxylic acids is 1. The maximum atomic E-state index is 13.6. The number of hydrogen-bond donors (Lipinski definition) is 1. The van der Waals surface area contributed by atoms with Gasteiger partial charge < -0.3 is 9.32 Å². The number of nitriles is 1. The van der Waals surface area contributed by atoms with Gasteiger partial charge >= 0.3 is 0 Å². The molecule has 2 aromatic heterocycles. The Hall–Kier alpha value is -4.24. The normalized spacial score (nSPS) is 14.9. The number of nitrogens with zero attached hydrogens (tertiary/aromatic N) is 3. The Morgan fingerprint density at radius 3 is 2.34 bits per heavy atom. The van der Waals surface area contributed by atoms with Crippen LogP contribution in [0.15, 0.2) is 80.8 Å². The second-order valence-corrected chi connectivity index (χ2v) is 11.2. The first-order valence-corrected chi connectivity index (χ1v) is 14.1. The number of primary sulfonamides is 1. The van der Waals surface area contributed by atoms with E-state index in [-0.39, 0.29) is 31.1 Å². The van der Waals surface area contributed by atoms with Crippen LogP contribution in [0.3, 0.4) is 0 Å². The van der Waals surface area contributed by atoms with Crippen molar-refractivity contribution in [2.24, 2.45) is 5.14 Å². The van der Waals surface area contributed by atoms with Crippen molar-refractivity contribution in [3.63, 3.8) is 0 Å². The fraction of sp³-hybridized carbons (Fsp3) is 0.148. The van der Waals surface area contributed by atoms with E-state index in [9.17, 15) is 23.3 Å². The number of aromatic nitrogens is 1. The summed E-state index contributed by atoms with van der Waals surface area (Å²) in [5.74, 6) is 0.460. The summed E-state index contributed by atoms with van der Waals surface area (Å²) in [5, 5.41) is 15.1. The quantitative estimate of drug-likeness (QED) is 0.406. The lowest BCUT2D eigenvalue weighted by Gasteiger charge is -2.14. The van der Waals surface area contributed by atoms with Crippen molar-refractivity contribution in [3.8, 4) is 23.1 Å². The number of likely N-dealkylation sites (tertiary alicyclic amines) is 1. The van der Waals surface area contributed by atoms with Crippen LogP contribution in [0.5, 0.6) is 0 Å². The van der Waals surface area contributed by atoms with Crippen LogP contribution < -0.4 is 19.9 Å². The van der Waals surface area contributed by atoms with Crippen molar-refractivity contribution in [3.05, 3.63) is 92.0 Å². The zero-order chi connectivity index (χ0) is 26.9. The molecule has 0 saturated carbocycles. The molecule has 0 unspecified atom stereocenters. The summed E-state index contributed by atoms with van der Waals surface area (Å²) in [6.45, 7) is 1.16. The fourth-order valence-electron chi connectivity index (χ4n) is 4.25. The molecule has 4 aromatic rings. The number of para-hydroxylation sites is 1. The molecule has 1 aliphatic rings. The van der Waals surface area contributed by atoms with Crippen LogP contribution in [0, 0.1) is 11.3 Å². The van der Waals surface area contributed by atoms with E-state index >= 15 is 0 Å². The van der Waals surface area contributed by atoms with Gasteiger partial charge in [-0.1, -0.05) is 18.2 Å². The molecule has 192 valence electrons. The van der Waals surface area contributed by atoms with E-state index in [1.165, 1.54) is 16.7 Å². The predicted octanol–water partition coefficient (Wildman–Crippen LogP) is 1.93. The Kier molecular flexibility index (Phi) is 6.86. The van der Waals surface area contributed by atoms with E-state index in [4.69, 9.17) is 9.56 Å². The first-order chi connectivity index (χ1) is 18.3. The molecular weight excluding hydrogens is 524 g/mol. The van der Waals surface area contributed by atoms with E-state index in [1.54, 1.807) is 59.5 Å².